The van der Waals surface area contributed by atoms with E-state index in [-0.39, 0.29) is 32.7 Å². The van der Waals surface area contributed by atoms with E-state index >= 15 is 0 Å². The summed E-state index contributed by atoms with van der Waals surface area (Å²) in [6.45, 7) is 0.416. The summed E-state index contributed by atoms with van der Waals surface area (Å²) in [5.41, 5.74) is 5.34. The molecule has 2 heterocycles. The van der Waals surface area contributed by atoms with E-state index in [2.05, 4.69) is 0 Å². The summed E-state index contributed by atoms with van der Waals surface area (Å²) in [4.78, 5) is 0. The van der Waals surface area contributed by atoms with E-state index < -0.39 is 55.8 Å². The fraction of sp³-hybridized carbons (Fsp3) is 1.00. The molecule has 11 nitrogen and oxygen atoms in total. The van der Waals surface area contributed by atoms with Crippen molar-refractivity contribution in [1.82, 2.24) is 0 Å². The summed E-state index contributed by atoms with van der Waals surface area (Å²) in [5.74, 6) is 0. The Morgan fingerprint density at radius 2 is 1.63 bits per heavy atom. The number of aliphatic hydroxyl groups excluding tert-OH is 5. The molecule has 160 valence electrons. The number of ether oxygens (including phenoxy) is 5. The Bertz CT molecular complexity index is 417. The van der Waals surface area contributed by atoms with Crippen molar-refractivity contribution < 1.29 is 49.2 Å². The van der Waals surface area contributed by atoms with Crippen LogP contribution in [0.2, 0.25) is 0 Å². The standard InChI is InChI=1S/C16H31NO10/c17-1-2-23-3-4-24-16-14(11(21)5-9(7-18)25-16)27-15-12(22)6-10(20)13(8-19)26-15/h9-16,18-22H,1-8,17H2/t9-,10+,11+,12+,13-,14+,15-,16?/m1/s1. The van der Waals surface area contributed by atoms with E-state index in [0.29, 0.717) is 13.2 Å². The number of hydrogen-bond donors (Lipinski definition) is 6. The Balaban J connectivity index is 1.96. The Morgan fingerprint density at radius 3 is 2.30 bits per heavy atom. The normalized spacial score (nSPS) is 40.2. The molecule has 0 aromatic carbocycles. The third kappa shape index (κ3) is 6.54. The maximum Gasteiger partial charge on any atom is 0.186 e. The summed E-state index contributed by atoms with van der Waals surface area (Å²) in [6, 6.07) is 0. The summed E-state index contributed by atoms with van der Waals surface area (Å²) < 4.78 is 27.5. The Labute approximate surface area is 157 Å². The first-order valence-electron chi connectivity index (χ1n) is 9.11. The second-order valence-electron chi connectivity index (χ2n) is 6.58. The second kappa shape index (κ2) is 11.5. The lowest BCUT2D eigenvalue weighted by Crippen LogP contribution is -2.57. The van der Waals surface area contributed by atoms with Crippen LogP contribution in [0.15, 0.2) is 0 Å². The van der Waals surface area contributed by atoms with Gasteiger partial charge in [-0.3, -0.25) is 0 Å². The maximum absolute atomic E-state index is 10.4. The van der Waals surface area contributed by atoms with Crippen LogP contribution in [0.5, 0.6) is 0 Å². The average Bonchev–Trinajstić information content (AvgIpc) is 2.65. The van der Waals surface area contributed by atoms with Gasteiger partial charge in [0.05, 0.1) is 51.3 Å². The lowest BCUT2D eigenvalue weighted by atomic mass is 10.0. The van der Waals surface area contributed by atoms with E-state index in [1.165, 1.54) is 0 Å². The van der Waals surface area contributed by atoms with Crippen LogP contribution < -0.4 is 5.73 Å². The molecule has 2 fully saturated rings. The fourth-order valence-corrected chi connectivity index (χ4v) is 3.03. The highest BCUT2D eigenvalue weighted by Crippen LogP contribution is 2.29. The van der Waals surface area contributed by atoms with Crippen molar-refractivity contribution in [1.29, 1.82) is 0 Å². The van der Waals surface area contributed by atoms with Crippen LogP contribution in [0.3, 0.4) is 0 Å². The van der Waals surface area contributed by atoms with E-state index in [4.69, 9.17) is 29.4 Å². The van der Waals surface area contributed by atoms with Crippen molar-refractivity contribution in [3.63, 3.8) is 0 Å². The minimum Gasteiger partial charge on any atom is -0.394 e. The molecule has 2 rings (SSSR count). The van der Waals surface area contributed by atoms with Gasteiger partial charge >= 0.3 is 0 Å². The second-order valence-corrected chi connectivity index (χ2v) is 6.58. The van der Waals surface area contributed by atoms with Crippen LogP contribution in [0.1, 0.15) is 12.8 Å². The fourth-order valence-electron chi connectivity index (χ4n) is 3.03. The number of aliphatic hydroxyl groups is 5. The Morgan fingerprint density at radius 1 is 0.852 bits per heavy atom. The third-order valence-electron chi connectivity index (χ3n) is 4.46. The average molecular weight is 397 g/mol. The zero-order valence-corrected chi connectivity index (χ0v) is 15.1. The minimum absolute atomic E-state index is 0.0444. The molecule has 0 aromatic heterocycles. The van der Waals surface area contributed by atoms with E-state index in [0.717, 1.165) is 0 Å². The van der Waals surface area contributed by atoms with Gasteiger partial charge in [0.25, 0.3) is 0 Å². The predicted octanol–water partition coefficient (Wildman–Crippen LogP) is -3.34. The quantitative estimate of drug-likeness (QED) is 0.203. The first-order chi connectivity index (χ1) is 13.0. The molecule has 1 unspecified atom stereocenters. The summed E-state index contributed by atoms with van der Waals surface area (Å²) in [7, 11) is 0. The lowest BCUT2D eigenvalue weighted by molar-refractivity contribution is -0.344. The molecular weight excluding hydrogens is 366 g/mol. The molecular formula is C16H31NO10. The van der Waals surface area contributed by atoms with Gasteiger partial charge in [0, 0.05) is 19.4 Å². The van der Waals surface area contributed by atoms with Crippen molar-refractivity contribution in [3.8, 4) is 0 Å². The number of hydrogen-bond acceptors (Lipinski definition) is 11. The third-order valence-corrected chi connectivity index (χ3v) is 4.46. The molecule has 8 atom stereocenters. The van der Waals surface area contributed by atoms with Gasteiger partial charge < -0.3 is 55.0 Å². The van der Waals surface area contributed by atoms with Crippen LogP contribution in [-0.4, -0.2) is 114 Å². The van der Waals surface area contributed by atoms with Gasteiger partial charge in [-0.15, -0.1) is 0 Å². The largest absolute Gasteiger partial charge is 0.394 e. The molecule has 2 saturated heterocycles. The van der Waals surface area contributed by atoms with E-state index in [1.807, 2.05) is 0 Å². The Hall–Kier alpha value is -0.440. The smallest absolute Gasteiger partial charge is 0.186 e. The van der Waals surface area contributed by atoms with Gasteiger partial charge in [-0.05, 0) is 0 Å². The van der Waals surface area contributed by atoms with Gasteiger partial charge in [-0.1, -0.05) is 0 Å². The van der Waals surface area contributed by atoms with Crippen LogP contribution in [-0.2, 0) is 23.7 Å². The molecule has 0 saturated carbocycles. The highest BCUT2D eigenvalue weighted by atomic mass is 16.8. The summed E-state index contributed by atoms with van der Waals surface area (Å²) in [5, 5.41) is 48.8. The zero-order chi connectivity index (χ0) is 19.8. The monoisotopic (exact) mass is 397 g/mol. The van der Waals surface area contributed by atoms with Crippen molar-refractivity contribution >= 4 is 0 Å². The van der Waals surface area contributed by atoms with Crippen molar-refractivity contribution in [3.05, 3.63) is 0 Å². The van der Waals surface area contributed by atoms with Crippen LogP contribution in [0.25, 0.3) is 0 Å². The van der Waals surface area contributed by atoms with Crippen LogP contribution in [0, 0.1) is 0 Å². The summed E-state index contributed by atoms with van der Waals surface area (Å²) >= 11 is 0. The van der Waals surface area contributed by atoms with Crippen molar-refractivity contribution in [2.24, 2.45) is 5.73 Å². The molecule has 2 aliphatic heterocycles. The van der Waals surface area contributed by atoms with Crippen molar-refractivity contribution in [2.45, 2.75) is 62.0 Å². The number of nitrogens with two attached hydrogens (primary N) is 1. The first-order valence-corrected chi connectivity index (χ1v) is 9.11. The minimum atomic E-state index is -1.18. The van der Waals surface area contributed by atoms with Gasteiger partial charge in [-0.2, -0.15) is 0 Å². The van der Waals surface area contributed by atoms with Gasteiger partial charge in [0.1, 0.15) is 18.3 Å². The van der Waals surface area contributed by atoms with Gasteiger partial charge in [0.15, 0.2) is 12.6 Å². The molecule has 0 aliphatic carbocycles. The molecule has 0 amide bonds. The van der Waals surface area contributed by atoms with Gasteiger partial charge in [-0.25, -0.2) is 0 Å². The SMILES string of the molecule is NCCOCCOC1O[C@@H](CO)C[C@H](O)[C@@H]1O[C@H]1O[C@H](CO)[C@@H](O)C[C@@H]1O. The molecule has 0 spiro atoms. The lowest BCUT2D eigenvalue weighted by Gasteiger charge is -2.43. The molecule has 2 aliphatic rings. The molecule has 0 radical (unpaired) electrons. The van der Waals surface area contributed by atoms with Gasteiger partial charge in [0.2, 0.25) is 0 Å². The van der Waals surface area contributed by atoms with E-state index in [1.54, 1.807) is 0 Å². The highest BCUT2D eigenvalue weighted by Gasteiger charge is 2.44. The zero-order valence-electron chi connectivity index (χ0n) is 15.1. The Kier molecular flexibility index (Phi) is 9.76. The van der Waals surface area contributed by atoms with E-state index in [9.17, 15) is 25.5 Å². The first kappa shape index (κ1) is 22.8. The number of rotatable bonds is 10. The molecule has 11 heteroatoms. The van der Waals surface area contributed by atoms with Crippen molar-refractivity contribution in [2.75, 3.05) is 39.6 Å². The highest BCUT2D eigenvalue weighted by molar-refractivity contribution is 4.86. The summed E-state index contributed by atoms with van der Waals surface area (Å²) in [6.07, 6.45) is -7.90. The predicted molar refractivity (Wildman–Crippen MR) is 89.4 cm³/mol. The molecule has 0 bridgehead atoms. The topological polar surface area (TPSA) is 173 Å². The maximum atomic E-state index is 10.4. The van der Waals surface area contributed by atoms with Crippen LogP contribution >= 0.6 is 0 Å². The molecule has 7 N–H and O–H groups in total. The van der Waals surface area contributed by atoms with Crippen LogP contribution in [0.4, 0.5) is 0 Å². The molecule has 0 aromatic rings. The molecule has 27 heavy (non-hydrogen) atoms.